The second-order valence-corrected chi connectivity index (χ2v) is 5.49. The molecule has 1 aliphatic rings. The Hall–Kier alpha value is -1.92. The maximum absolute atomic E-state index is 4.56. The molecule has 0 atom stereocenters. The van der Waals surface area contributed by atoms with E-state index in [1.807, 2.05) is 23.7 Å². The number of hydrogen-bond acceptors (Lipinski definition) is 6. The molecule has 1 aliphatic carbocycles. The molecule has 0 bridgehead atoms. The molecule has 2 aromatic rings. The molecular weight excluding hydrogens is 242 g/mol. The number of aromatic nitrogens is 5. The van der Waals surface area contributed by atoms with Crippen molar-refractivity contribution in [2.24, 2.45) is 0 Å². The molecule has 0 aliphatic heterocycles. The van der Waals surface area contributed by atoms with Gasteiger partial charge in [-0.15, -0.1) is 5.10 Å². The van der Waals surface area contributed by atoms with Crippen molar-refractivity contribution >= 4 is 22.9 Å². The van der Waals surface area contributed by atoms with Crippen molar-refractivity contribution in [2.45, 2.75) is 38.8 Å². The normalized spacial score (nSPS) is 15.2. The Balaban J connectivity index is 2.15. The predicted octanol–water partition coefficient (Wildman–Crippen LogP) is 1.44. The summed E-state index contributed by atoms with van der Waals surface area (Å²) in [7, 11) is 3.87. The number of fused-ring (bicyclic) bond motifs is 1. The summed E-state index contributed by atoms with van der Waals surface area (Å²) in [4.78, 5) is 11.0. The minimum absolute atomic E-state index is 0.226. The highest BCUT2D eigenvalue weighted by atomic mass is 15.5. The molecule has 7 heteroatoms. The van der Waals surface area contributed by atoms with Gasteiger partial charge in [0.25, 0.3) is 0 Å². The van der Waals surface area contributed by atoms with Crippen LogP contribution in [0.4, 0.5) is 11.8 Å². The zero-order chi connectivity index (χ0) is 13.6. The lowest BCUT2D eigenvalue weighted by atomic mass is 10.4. The fourth-order valence-electron chi connectivity index (χ4n) is 1.89. The van der Waals surface area contributed by atoms with Crippen LogP contribution < -0.4 is 10.2 Å². The standard InChI is InChI=1S/C12H19N7/c1-7(2)19-11-9(16-17-19)10(13-8-5-6-8)14-12(15-11)18(3)4/h7-8H,5-6H2,1-4H3,(H,13,14,15). The van der Waals surface area contributed by atoms with Gasteiger partial charge in [-0.3, -0.25) is 0 Å². The molecule has 2 aromatic heterocycles. The Labute approximate surface area is 112 Å². The van der Waals surface area contributed by atoms with Crippen molar-refractivity contribution in [3.05, 3.63) is 0 Å². The van der Waals surface area contributed by atoms with Gasteiger partial charge in [-0.1, -0.05) is 5.21 Å². The minimum Gasteiger partial charge on any atom is -0.365 e. The van der Waals surface area contributed by atoms with Crippen LogP contribution in [0.25, 0.3) is 11.2 Å². The Morgan fingerprint density at radius 1 is 1.26 bits per heavy atom. The summed E-state index contributed by atoms with van der Waals surface area (Å²) < 4.78 is 1.84. The van der Waals surface area contributed by atoms with Crippen LogP contribution in [0, 0.1) is 0 Å². The lowest BCUT2D eigenvalue weighted by Crippen LogP contribution is -2.15. The van der Waals surface area contributed by atoms with Crippen molar-refractivity contribution in [2.75, 3.05) is 24.3 Å². The van der Waals surface area contributed by atoms with Gasteiger partial charge in [-0.05, 0) is 26.7 Å². The van der Waals surface area contributed by atoms with Gasteiger partial charge < -0.3 is 10.2 Å². The zero-order valence-electron chi connectivity index (χ0n) is 11.8. The van der Waals surface area contributed by atoms with Gasteiger partial charge in [0.15, 0.2) is 17.0 Å². The molecule has 7 nitrogen and oxygen atoms in total. The van der Waals surface area contributed by atoms with Gasteiger partial charge in [-0.2, -0.15) is 9.97 Å². The van der Waals surface area contributed by atoms with Gasteiger partial charge in [0.2, 0.25) is 5.95 Å². The van der Waals surface area contributed by atoms with E-state index in [9.17, 15) is 0 Å². The molecule has 1 N–H and O–H groups in total. The second-order valence-electron chi connectivity index (χ2n) is 5.49. The summed E-state index contributed by atoms with van der Waals surface area (Å²) in [6, 6.07) is 0.751. The first-order chi connectivity index (χ1) is 9.06. The van der Waals surface area contributed by atoms with Gasteiger partial charge in [-0.25, -0.2) is 4.68 Å². The van der Waals surface area contributed by atoms with E-state index in [4.69, 9.17) is 0 Å². The molecule has 2 heterocycles. The Morgan fingerprint density at radius 3 is 2.58 bits per heavy atom. The monoisotopic (exact) mass is 261 g/mol. The fourth-order valence-corrected chi connectivity index (χ4v) is 1.89. The molecule has 0 amide bonds. The molecule has 0 unspecified atom stereocenters. The first kappa shape index (κ1) is 12.1. The van der Waals surface area contributed by atoms with E-state index in [0.717, 1.165) is 17.0 Å². The third-order valence-electron chi connectivity index (χ3n) is 3.12. The topological polar surface area (TPSA) is 71.8 Å². The van der Waals surface area contributed by atoms with Gasteiger partial charge in [0.05, 0.1) is 6.04 Å². The maximum Gasteiger partial charge on any atom is 0.228 e. The SMILES string of the molecule is CC(C)n1nnc2c(NC3CC3)nc(N(C)C)nc21. The third kappa shape index (κ3) is 2.20. The highest BCUT2D eigenvalue weighted by Crippen LogP contribution is 2.28. The number of anilines is 2. The summed E-state index contributed by atoms with van der Waals surface area (Å²) in [6.07, 6.45) is 2.39. The van der Waals surface area contributed by atoms with Crippen LogP contribution in [0.3, 0.4) is 0 Å². The maximum atomic E-state index is 4.56. The molecular formula is C12H19N7. The van der Waals surface area contributed by atoms with Gasteiger partial charge in [0.1, 0.15) is 0 Å². The average Bonchev–Trinajstić information content (AvgIpc) is 3.05. The fraction of sp³-hybridized carbons (Fsp3) is 0.667. The van der Waals surface area contributed by atoms with Crippen LogP contribution in [-0.4, -0.2) is 45.1 Å². The summed E-state index contributed by atoms with van der Waals surface area (Å²) in [5, 5.41) is 11.8. The van der Waals surface area contributed by atoms with Crippen LogP contribution >= 0.6 is 0 Å². The molecule has 0 radical (unpaired) electrons. The zero-order valence-corrected chi connectivity index (χ0v) is 11.8. The average molecular weight is 261 g/mol. The first-order valence-corrected chi connectivity index (χ1v) is 6.63. The minimum atomic E-state index is 0.226. The third-order valence-corrected chi connectivity index (χ3v) is 3.12. The molecule has 0 spiro atoms. The van der Waals surface area contributed by atoms with Crippen molar-refractivity contribution in [1.29, 1.82) is 0 Å². The quantitative estimate of drug-likeness (QED) is 0.898. The van der Waals surface area contributed by atoms with Crippen molar-refractivity contribution in [1.82, 2.24) is 25.0 Å². The first-order valence-electron chi connectivity index (χ1n) is 6.63. The van der Waals surface area contributed by atoms with Crippen LogP contribution in [0.5, 0.6) is 0 Å². The second kappa shape index (κ2) is 4.32. The van der Waals surface area contributed by atoms with Crippen molar-refractivity contribution in [3.8, 4) is 0 Å². The smallest absolute Gasteiger partial charge is 0.228 e. The summed E-state index contributed by atoms with van der Waals surface area (Å²) in [5.41, 5.74) is 1.54. The Bertz CT molecular complexity index is 597. The number of nitrogens with one attached hydrogen (secondary N) is 1. The molecule has 102 valence electrons. The van der Waals surface area contributed by atoms with E-state index >= 15 is 0 Å². The number of hydrogen-bond donors (Lipinski definition) is 1. The molecule has 0 saturated heterocycles. The number of rotatable bonds is 4. The van der Waals surface area contributed by atoms with Crippen molar-refractivity contribution < 1.29 is 0 Å². The van der Waals surface area contributed by atoms with Crippen LogP contribution in [0.1, 0.15) is 32.7 Å². The molecule has 3 rings (SSSR count). The van der Waals surface area contributed by atoms with E-state index in [0.29, 0.717) is 12.0 Å². The predicted molar refractivity (Wildman–Crippen MR) is 74.5 cm³/mol. The highest BCUT2D eigenvalue weighted by Gasteiger charge is 2.25. The summed E-state index contributed by atoms with van der Waals surface area (Å²) >= 11 is 0. The molecule has 1 fully saturated rings. The highest BCUT2D eigenvalue weighted by molar-refractivity contribution is 5.84. The lowest BCUT2D eigenvalue weighted by Gasteiger charge is -2.13. The molecule has 1 saturated carbocycles. The van der Waals surface area contributed by atoms with Gasteiger partial charge >= 0.3 is 0 Å². The van der Waals surface area contributed by atoms with Gasteiger partial charge in [0, 0.05) is 20.1 Å². The van der Waals surface area contributed by atoms with Crippen LogP contribution in [0.2, 0.25) is 0 Å². The van der Waals surface area contributed by atoms with E-state index in [2.05, 4.69) is 39.4 Å². The summed E-state index contributed by atoms with van der Waals surface area (Å²) in [6.45, 7) is 4.14. The van der Waals surface area contributed by atoms with Crippen LogP contribution in [0.15, 0.2) is 0 Å². The van der Waals surface area contributed by atoms with E-state index in [-0.39, 0.29) is 6.04 Å². The van der Waals surface area contributed by atoms with E-state index in [1.165, 1.54) is 12.8 Å². The summed E-state index contributed by atoms with van der Waals surface area (Å²) in [5.74, 6) is 1.47. The van der Waals surface area contributed by atoms with Crippen LogP contribution in [-0.2, 0) is 0 Å². The molecule has 19 heavy (non-hydrogen) atoms. The largest absolute Gasteiger partial charge is 0.365 e. The Kier molecular flexibility index (Phi) is 2.76. The molecule has 0 aromatic carbocycles. The van der Waals surface area contributed by atoms with E-state index < -0.39 is 0 Å². The number of nitrogens with zero attached hydrogens (tertiary/aromatic N) is 6. The van der Waals surface area contributed by atoms with E-state index in [1.54, 1.807) is 0 Å². The Morgan fingerprint density at radius 2 is 2.00 bits per heavy atom. The van der Waals surface area contributed by atoms with Crippen molar-refractivity contribution in [3.63, 3.8) is 0 Å². The lowest BCUT2D eigenvalue weighted by molar-refractivity contribution is 0.526.